The molecule has 4 heterocycles. The van der Waals surface area contributed by atoms with Gasteiger partial charge in [-0.2, -0.15) is 5.10 Å². The molecule has 2 saturated heterocycles. The molecule has 1 N–H and O–H groups in total. The number of piperidine rings is 1. The number of rotatable bonds is 4. The van der Waals surface area contributed by atoms with E-state index >= 15 is 0 Å². The molecule has 0 radical (unpaired) electrons. The number of H-pyrrole nitrogens is 1. The zero-order valence-electron chi connectivity index (χ0n) is 14.4. The van der Waals surface area contributed by atoms with Gasteiger partial charge >= 0.3 is 0 Å². The van der Waals surface area contributed by atoms with Crippen molar-refractivity contribution >= 4 is 5.95 Å². The van der Waals surface area contributed by atoms with Gasteiger partial charge in [0.1, 0.15) is 0 Å². The van der Waals surface area contributed by atoms with Crippen LogP contribution in [0.15, 0.2) is 18.5 Å². The summed E-state index contributed by atoms with van der Waals surface area (Å²) in [5, 5.41) is 7.39. The third-order valence-electron chi connectivity index (χ3n) is 5.26. The number of nitrogens with one attached hydrogen (secondary N) is 1. The van der Waals surface area contributed by atoms with Crippen LogP contribution in [0.2, 0.25) is 0 Å². The highest BCUT2D eigenvalue weighted by Crippen LogP contribution is 2.28. The van der Waals surface area contributed by atoms with Gasteiger partial charge in [0.15, 0.2) is 0 Å². The van der Waals surface area contributed by atoms with Crippen LogP contribution in [0.5, 0.6) is 0 Å². The first-order chi connectivity index (χ1) is 11.8. The van der Waals surface area contributed by atoms with Crippen LogP contribution in [0.3, 0.4) is 0 Å². The summed E-state index contributed by atoms with van der Waals surface area (Å²) in [6.07, 6.45) is 8.82. The molecule has 2 aromatic heterocycles. The van der Waals surface area contributed by atoms with Gasteiger partial charge in [-0.15, -0.1) is 0 Å². The summed E-state index contributed by atoms with van der Waals surface area (Å²) in [4.78, 5) is 14.1. The second-order valence-electron chi connectivity index (χ2n) is 7.08. The van der Waals surface area contributed by atoms with E-state index in [-0.39, 0.29) is 0 Å². The van der Waals surface area contributed by atoms with E-state index in [1.54, 1.807) is 0 Å². The molecule has 2 aliphatic heterocycles. The highest BCUT2D eigenvalue weighted by molar-refractivity contribution is 5.31. The molecule has 24 heavy (non-hydrogen) atoms. The number of nitrogens with zero attached hydrogens (tertiary/aromatic N) is 5. The summed E-state index contributed by atoms with van der Waals surface area (Å²) in [7, 11) is 0. The third-order valence-corrected chi connectivity index (χ3v) is 5.26. The first-order valence-electron chi connectivity index (χ1n) is 9.08. The summed E-state index contributed by atoms with van der Waals surface area (Å²) < 4.78 is 0. The lowest BCUT2D eigenvalue weighted by molar-refractivity contribution is 0.196. The average Bonchev–Trinajstić information content (AvgIpc) is 3.27. The maximum absolute atomic E-state index is 4.81. The lowest BCUT2D eigenvalue weighted by atomic mass is 9.93. The van der Waals surface area contributed by atoms with E-state index in [9.17, 15) is 0 Å². The predicted octanol–water partition coefficient (Wildman–Crippen LogP) is 2.49. The van der Waals surface area contributed by atoms with Crippen molar-refractivity contribution in [3.63, 3.8) is 0 Å². The Hall–Kier alpha value is -1.95. The maximum atomic E-state index is 4.81. The first kappa shape index (κ1) is 15.6. The highest BCUT2D eigenvalue weighted by atomic mass is 15.3. The Morgan fingerprint density at radius 2 is 2.08 bits per heavy atom. The molecule has 6 nitrogen and oxygen atoms in total. The molecule has 0 bridgehead atoms. The fourth-order valence-corrected chi connectivity index (χ4v) is 3.98. The monoisotopic (exact) mass is 326 g/mol. The maximum Gasteiger partial charge on any atom is 0.225 e. The minimum atomic E-state index is 0.557. The van der Waals surface area contributed by atoms with Gasteiger partial charge in [-0.1, -0.05) is 0 Å². The van der Waals surface area contributed by atoms with Crippen LogP contribution in [0.1, 0.15) is 48.6 Å². The van der Waals surface area contributed by atoms with Crippen molar-refractivity contribution in [3.05, 3.63) is 35.4 Å². The number of hydrogen-bond donors (Lipinski definition) is 1. The Kier molecular flexibility index (Phi) is 4.47. The van der Waals surface area contributed by atoms with Crippen LogP contribution in [0.25, 0.3) is 0 Å². The van der Waals surface area contributed by atoms with E-state index in [1.807, 2.05) is 12.4 Å². The van der Waals surface area contributed by atoms with E-state index in [4.69, 9.17) is 4.98 Å². The van der Waals surface area contributed by atoms with E-state index in [1.165, 1.54) is 36.9 Å². The van der Waals surface area contributed by atoms with Gasteiger partial charge in [0, 0.05) is 44.0 Å². The minimum Gasteiger partial charge on any atom is -0.341 e. The summed E-state index contributed by atoms with van der Waals surface area (Å²) in [6.45, 7) is 7.46. The molecule has 1 atom stereocenters. The van der Waals surface area contributed by atoms with Crippen LogP contribution >= 0.6 is 0 Å². The summed E-state index contributed by atoms with van der Waals surface area (Å²) >= 11 is 0. The smallest absolute Gasteiger partial charge is 0.225 e. The SMILES string of the molecule is Cc1cn[nH]c1[C@H]1CCCN(Cc2ccnc(N3CCCC3)n2)C1. The summed E-state index contributed by atoms with van der Waals surface area (Å²) in [5.74, 6) is 1.46. The number of likely N-dealkylation sites (tertiary alicyclic amines) is 1. The molecule has 0 aliphatic carbocycles. The third kappa shape index (κ3) is 3.29. The van der Waals surface area contributed by atoms with Crippen molar-refractivity contribution in [2.24, 2.45) is 0 Å². The van der Waals surface area contributed by atoms with Crippen LogP contribution in [0, 0.1) is 6.92 Å². The quantitative estimate of drug-likeness (QED) is 0.935. The van der Waals surface area contributed by atoms with Gasteiger partial charge in [0.05, 0.1) is 11.9 Å². The Balaban J connectivity index is 1.43. The van der Waals surface area contributed by atoms with Crippen molar-refractivity contribution in [2.45, 2.75) is 45.1 Å². The lowest BCUT2D eigenvalue weighted by Gasteiger charge is -2.32. The van der Waals surface area contributed by atoms with Crippen molar-refractivity contribution in [2.75, 3.05) is 31.1 Å². The molecular weight excluding hydrogens is 300 g/mol. The van der Waals surface area contributed by atoms with Gasteiger partial charge in [0.25, 0.3) is 0 Å². The average molecular weight is 326 g/mol. The highest BCUT2D eigenvalue weighted by Gasteiger charge is 2.24. The molecule has 0 unspecified atom stereocenters. The van der Waals surface area contributed by atoms with Crippen molar-refractivity contribution in [1.29, 1.82) is 0 Å². The number of aryl methyl sites for hydroxylation is 1. The summed E-state index contributed by atoms with van der Waals surface area (Å²) in [6, 6.07) is 2.06. The number of aromatic nitrogens is 4. The molecular formula is C18H26N6. The predicted molar refractivity (Wildman–Crippen MR) is 94.1 cm³/mol. The molecule has 2 aliphatic rings. The van der Waals surface area contributed by atoms with E-state index < -0.39 is 0 Å². The largest absolute Gasteiger partial charge is 0.341 e. The van der Waals surface area contributed by atoms with Crippen LogP contribution in [0.4, 0.5) is 5.95 Å². The van der Waals surface area contributed by atoms with Crippen molar-refractivity contribution < 1.29 is 0 Å². The Labute approximate surface area is 143 Å². The molecule has 0 aromatic carbocycles. The fraction of sp³-hybridized carbons (Fsp3) is 0.611. The zero-order chi connectivity index (χ0) is 16.4. The number of aromatic amines is 1. The molecule has 0 spiro atoms. The first-order valence-corrected chi connectivity index (χ1v) is 9.08. The fourth-order valence-electron chi connectivity index (χ4n) is 3.98. The van der Waals surface area contributed by atoms with Crippen molar-refractivity contribution in [1.82, 2.24) is 25.1 Å². The molecule has 0 saturated carbocycles. The molecule has 2 aromatic rings. The molecule has 4 rings (SSSR count). The Morgan fingerprint density at radius 1 is 1.21 bits per heavy atom. The van der Waals surface area contributed by atoms with Crippen LogP contribution < -0.4 is 4.90 Å². The minimum absolute atomic E-state index is 0.557. The number of anilines is 1. The second kappa shape index (κ2) is 6.89. The van der Waals surface area contributed by atoms with Gasteiger partial charge in [0.2, 0.25) is 5.95 Å². The van der Waals surface area contributed by atoms with Crippen molar-refractivity contribution in [3.8, 4) is 0 Å². The lowest BCUT2D eigenvalue weighted by Crippen LogP contribution is -2.34. The summed E-state index contributed by atoms with van der Waals surface area (Å²) in [5.41, 5.74) is 3.72. The Morgan fingerprint density at radius 3 is 2.88 bits per heavy atom. The second-order valence-corrected chi connectivity index (χ2v) is 7.08. The normalized spacial score (nSPS) is 22.2. The van der Waals surface area contributed by atoms with Gasteiger partial charge in [-0.3, -0.25) is 10.00 Å². The molecule has 128 valence electrons. The van der Waals surface area contributed by atoms with E-state index in [0.717, 1.165) is 44.4 Å². The van der Waals surface area contributed by atoms with Gasteiger partial charge < -0.3 is 4.90 Å². The topological polar surface area (TPSA) is 60.9 Å². The van der Waals surface area contributed by atoms with Crippen LogP contribution in [-0.4, -0.2) is 51.2 Å². The van der Waals surface area contributed by atoms with Gasteiger partial charge in [-0.05, 0) is 50.8 Å². The standard InChI is InChI=1S/C18H26N6/c1-14-11-20-22-17(14)15-5-4-8-23(12-15)13-16-6-7-19-18(21-16)24-9-2-3-10-24/h6-7,11,15H,2-5,8-10,12-13H2,1H3,(H,20,22)/t15-/m0/s1. The molecule has 0 amide bonds. The molecule has 2 fully saturated rings. The van der Waals surface area contributed by atoms with E-state index in [0.29, 0.717) is 5.92 Å². The zero-order valence-corrected chi connectivity index (χ0v) is 14.4. The number of hydrogen-bond acceptors (Lipinski definition) is 5. The molecule has 6 heteroatoms. The Bertz CT molecular complexity index is 676. The van der Waals surface area contributed by atoms with Gasteiger partial charge in [-0.25, -0.2) is 9.97 Å². The van der Waals surface area contributed by atoms with Crippen LogP contribution in [-0.2, 0) is 6.54 Å². The van der Waals surface area contributed by atoms with E-state index in [2.05, 4.69) is 38.0 Å².